The monoisotopic (exact) mass is 423 g/mol. The van der Waals surface area contributed by atoms with Gasteiger partial charge in [-0.25, -0.2) is 0 Å². The third-order valence-electron chi connectivity index (χ3n) is 4.84. The first-order chi connectivity index (χ1) is 14.5. The number of nitrogens with one attached hydrogen (secondary N) is 1. The summed E-state index contributed by atoms with van der Waals surface area (Å²) in [5, 5.41) is 15.7. The van der Waals surface area contributed by atoms with Crippen LogP contribution in [0, 0.1) is 19.3 Å². The molecule has 3 heterocycles. The number of terminal acetylenes is 1. The smallest absolute Gasteiger partial charge is 0.226 e. The molecule has 0 radical (unpaired) electrons. The molecule has 0 aliphatic carbocycles. The maximum atomic E-state index is 12.5. The molecular formula is C21H18ClN5O3. The Morgan fingerprint density at radius 1 is 1.30 bits per heavy atom. The Morgan fingerprint density at radius 3 is 2.83 bits per heavy atom. The first kappa shape index (κ1) is 19.7. The standard InChI is InChI=1S/C21H18ClN5O3/c1-4-9-30-15-6-5-13(10-16(15)29-3)14-11-19(28)23-21-20(14)12(2)26-27(21)18-8-7-17(22)24-25-18/h1,5-8,10,14H,9,11H2,2-3H3,(H,23,28)/t14-/m1/s1. The Bertz CT molecular complexity index is 1150. The van der Waals surface area contributed by atoms with E-state index in [1.54, 1.807) is 30.0 Å². The van der Waals surface area contributed by atoms with Gasteiger partial charge in [0.25, 0.3) is 0 Å². The number of benzene rings is 1. The maximum absolute atomic E-state index is 12.5. The van der Waals surface area contributed by atoms with Gasteiger partial charge in [0, 0.05) is 17.9 Å². The lowest BCUT2D eigenvalue weighted by atomic mass is 9.85. The van der Waals surface area contributed by atoms with Crippen LogP contribution >= 0.6 is 11.6 Å². The van der Waals surface area contributed by atoms with E-state index in [0.717, 1.165) is 16.8 Å². The van der Waals surface area contributed by atoms with Gasteiger partial charge in [-0.05, 0) is 36.8 Å². The van der Waals surface area contributed by atoms with Gasteiger partial charge in [0.1, 0.15) is 12.4 Å². The average Bonchev–Trinajstić information content (AvgIpc) is 3.08. The lowest BCUT2D eigenvalue weighted by Gasteiger charge is -2.25. The lowest BCUT2D eigenvalue weighted by Crippen LogP contribution is -2.25. The molecule has 1 atom stereocenters. The number of rotatable bonds is 5. The first-order valence-corrected chi connectivity index (χ1v) is 9.52. The summed E-state index contributed by atoms with van der Waals surface area (Å²) >= 11 is 5.84. The number of carbonyl (C=O) groups is 1. The normalized spacial score (nSPS) is 15.1. The molecule has 1 amide bonds. The number of nitrogens with zero attached hydrogens (tertiary/aromatic N) is 4. The molecule has 1 N–H and O–H groups in total. The topological polar surface area (TPSA) is 91.2 Å². The van der Waals surface area contributed by atoms with Gasteiger partial charge in [-0.2, -0.15) is 9.78 Å². The van der Waals surface area contributed by atoms with Gasteiger partial charge in [0.15, 0.2) is 22.5 Å². The molecule has 0 saturated carbocycles. The molecule has 0 bridgehead atoms. The highest BCUT2D eigenvalue weighted by molar-refractivity contribution is 6.29. The van der Waals surface area contributed by atoms with Crippen LogP contribution in [0.4, 0.5) is 5.82 Å². The molecule has 4 rings (SSSR count). The van der Waals surface area contributed by atoms with Crippen LogP contribution in [0.5, 0.6) is 11.5 Å². The number of aromatic nitrogens is 4. The number of amides is 1. The number of hydrogen-bond donors (Lipinski definition) is 1. The summed E-state index contributed by atoms with van der Waals surface area (Å²) in [5.74, 6) is 4.22. The van der Waals surface area contributed by atoms with Gasteiger partial charge in [-0.15, -0.1) is 16.6 Å². The quantitative estimate of drug-likeness (QED) is 0.634. The van der Waals surface area contributed by atoms with Crippen molar-refractivity contribution in [3.05, 3.63) is 52.3 Å². The maximum Gasteiger partial charge on any atom is 0.226 e. The molecule has 8 nitrogen and oxygen atoms in total. The van der Waals surface area contributed by atoms with Crippen molar-refractivity contribution in [2.75, 3.05) is 19.0 Å². The molecule has 152 valence electrons. The van der Waals surface area contributed by atoms with Crippen molar-refractivity contribution in [3.63, 3.8) is 0 Å². The fraction of sp³-hybridized carbons (Fsp3) is 0.238. The summed E-state index contributed by atoms with van der Waals surface area (Å²) in [5.41, 5.74) is 2.59. The second kappa shape index (κ2) is 8.05. The molecule has 9 heteroatoms. The van der Waals surface area contributed by atoms with E-state index in [0.29, 0.717) is 23.1 Å². The van der Waals surface area contributed by atoms with Crippen molar-refractivity contribution in [3.8, 4) is 29.7 Å². The third-order valence-corrected chi connectivity index (χ3v) is 5.04. The summed E-state index contributed by atoms with van der Waals surface area (Å²) in [7, 11) is 1.56. The van der Waals surface area contributed by atoms with Gasteiger partial charge in [0.2, 0.25) is 5.91 Å². The predicted molar refractivity (Wildman–Crippen MR) is 111 cm³/mol. The zero-order valence-electron chi connectivity index (χ0n) is 16.3. The highest BCUT2D eigenvalue weighted by Gasteiger charge is 2.33. The molecule has 0 unspecified atom stereocenters. The zero-order chi connectivity index (χ0) is 21.3. The zero-order valence-corrected chi connectivity index (χ0v) is 17.1. The number of aryl methyl sites for hydroxylation is 1. The molecule has 0 spiro atoms. The molecular weight excluding hydrogens is 406 g/mol. The molecule has 1 aliphatic heterocycles. The van der Waals surface area contributed by atoms with E-state index in [-0.39, 0.29) is 30.0 Å². The van der Waals surface area contributed by atoms with E-state index in [9.17, 15) is 4.79 Å². The van der Waals surface area contributed by atoms with E-state index in [2.05, 4.69) is 26.5 Å². The predicted octanol–water partition coefficient (Wildman–Crippen LogP) is 3.12. The first-order valence-electron chi connectivity index (χ1n) is 9.15. The number of hydrogen-bond acceptors (Lipinski definition) is 6. The van der Waals surface area contributed by atoms with Gasteiger partial charge in [-0.3, -0.25) is 4.79 Å². The van der Waals surface area contributed by atoms with Crippen LogP contribution in [0.3, 0.4) is 0 Å². The number of methoxy groups -OCH3 is 1. The minimum atomic E-state index is -0.210. The van der Waals surface area contributed by atoms with Crippen LogP contribution in [0.2, 0.25) is 5.15 Å². The Balaban J connectivity index is 1.79. The summed E-state index contributed by atoms with van der Waals surface area (Å²) in [6.45, 7) is 2.03. The molecule has 2 aromatic heterocycles. The second-order valence-electron chi connectivity index (χ2n) is 6.68. The van der Waals surface area contributed by atoms with E-state index in [4.69, 9.17) is 27.5 Å². The van der Waals surface area contributed by atoms with Crippen molar-refractivity contribution in [1.29, 1.82) is 0 Å². The summed E-state index contributed by atoms with van der Waals surface area (Å²) < 4.78 is 12.6. The van der Waals surface area contributed by atoms with Crippen LogP contribution in [0.1, 0.15) is 29.2 Å². The van der Waals surface area contributed by atoms with Crippen molar-refractivity contribution in [1.82, 2.24) is 20.0 Å². The number of fused-ring (bicyclic) bond motifs is 1. The molecule has 1 aliphatic rings. The van der Waals surface area contributed by atoms with Crippen LogP contribution in [-0.4, -0.2) is 39.6 Å². The minimum absolute atomic E-state index is 0.123. The highest BCUT2D eigenvalue weighted by Crippen LogP contribution is 2.42. The van der Waals surface area contributed by atoms with Gasteiger partial charge in [0.05, 0.1) is 12.8 Å². The van der Waals surface area contributed by atoms with Crippen molar-refractivity contribution in [2.24, 2.45) is 0 Å². The summed E-state index contributed by atoms with van der Waals surface area (Å²) in [6.07, 6.45) is 5.55. The van der Waals surface area contributed by atoms with Crippen molar-refractivity contribution >= 4 is 23.3 Å². The van der Waals surface area contributed by atoms with Crippen molar-refractivity contribution in [2.45, 2.75) is 19.3 Å². The second-order valence-corrected chi connectivity index (χ2v) is 7.07. The molecule has 3 aromatic rings. The Hall–Kier alpha value is -3.57. The third kappa shape index (κ3) is 3.55. The minimum Gasteiger partial charge on any atom is -0.493 e. The molecule has 0 saturated heterocycles. The number of halogens is 1. The number of ether oxygens (including phenoxy) is 2. The Kier molecular flexibility index (Phi) is 5.29. The summed E-state index contributed by atoms with van der Waals surface area (Å²) in [4.78, 5) is 12.5. The van der Waals surface area contributed by atoms with Crippen LogP contribution in [0.25, 0.3) is 5.82 Å². The van der Waals surface area contributed by atoms with E-state index in [1.165, 1.54) is 0 Å². The van der Waals surface area contributed by atoms with Crippen LogP contribution in [-0.2, 0) is 4.79 Å². The van der Waals surface area contributed by atoms with E-state index < -0.39 is 0 Å². The highest BCUT2D eigenvalue weighted by atomic mass is 35.5. The largest absolute Gasteiger partial charge is 0.493 e. The lowest BCUT2D eigenvalue weighted by molar-refractivity contribution is -0.116. The molecule has 30 heavy (non-hydrogen) atoms. The number of anilines is 1. The summed E-state index contributed by atoms with van der Waals surface area (Å²) in [6, 6.07) is 8.87. The van der Waals surface area contributed by atoms with Crippen LogP contribution < -0.4 is 14.8 Å². The average molecular weight is 424 g/mol. The SMILES string of the molecule is C#CCOc1ccc([C@H]2CC(=O)Nc3c2c(C)nn3-c2ccc(Cl)nn2)cc1OC. The van der Waals surface area contributed by atoms with Gasteiger partial charge >= 0.3 is 0 Å². The van der Waals surface area contributed by atoms with E-state index in [1.807, 2.05) is 19.1 Å². The van der Waals surface area contributed by atoms with Crippen molar-refractivity contribution < 1.29 is 14.3 Å². The fourth-order valence-corrected chi connectivity index (χ4v) is 3.66. The Morgan fingerprint density at radius 2 is 2.13 bits per heavy atom. The van der Waals surface area contributed by atoms with Gasteiger partial charge in [-0.1, -0.05) is 23.6 Å². The number of carbonyl (C=O) groups excluding carboxylic acids is 1. The van der Waals surface area contributed by atoms with Crippen LogP contribution in [0.15, 0.2) is 30.3 Å². The molecule has 1 aromatic carbocycles. The Labute approximate surface area is 178 Å². The van der Waals surface area contributed by atoms with Gasteiger partial charge < -0.3 is 14.8 Å². The molecule has 0 fully saturated rings. The fourth-order valence-electron chi connectivity index (χ4n) is 3.56. The van der Waals surface area contributed by atoms with E-state index >= 15 is 0 Å².